The fraction of sp³-hybridized carbons (Fsp3) is 0.286. The van der Waals surface area contributed by atoms with Crippen LogP contribution >= 0.6 is 0 Å². The molecule has 0 spiro atoms. The maximum atomic E-state index is 11.4. The first-order valence-electron chi connectivity index (χ1n) is 8.64. The number of carboxylic acids is 1. The summed E-state index contributed by atoms with van der Waals surface area (Å²) < 4.78 is 5.78. The highest BCUT2D eigenvalue weighted by Gasteiger charge is 2.16. The van der Waals surface area contributed by atoms with E-state index in [1.54, 1.807) is 0 Å². The molecule has 0 bridgehead atoms. The number of nitrogens with one attached hydrogen (secondary N) is 1. The SMILES string of the molecule is CCCCOc1ccc2[nH]c(-c3ccc(C)cc3)c(CC(=O)O)c2c1. The van der Waals surface area contributed by atoms with E-state index in [1.807, 2.05) is 49.4 Å². The number of hydrogen-bond acceptors (Lipinski definition) is 2. The van der Waals surface area contributed by atoms with Crippen molar-refractivity contribution in [2.45, 2.75) is 33.1 Å². The molecule has 0 saturated carbocycles. The molecule has 0 aliphatic carbocycles. The van der Waals surface area contributed by atoms with Gasteiger partial charge in [0.15, 0.2) is 0 Å². The number of ether oxygens (including phenoxy) is 1. The highest BCUT2D eigenvalue weighted by Crippen LogP contribution is 2.33. The van der Waals surface area contributed by atoms with Gasteiger partial charge in [0.05, 0.1) is 18.7 Å². The van der Waals surface area contributed by atoms with Crippen molar-refractivity contribution in [2.24, 2.45) is 0 Å². The van der Waals surface area contributed by atoms with Crippen LogP contribution in [-0.2, 0) is 11.2 Å². The first kappa shape index (κ1) is 17.1. The summed E-state index contributed by atoms with van der Waals surface area (Å²) in [7, 11) is 0. The number of rotatable bonds is 7. The topological polar surface area (TPSA) is 62.3 Å². The van der Waals surface area contributed by atoms with Crippen molar-refractivity contribution in [1.82, 2.24) is 4.98 Å². The van der Waals surface area contributed by atoms with Gasteiger partial charge in [-0.05, 0) is 42.7 Å². The predicted octanol–water partition coefficient (Wildman–Crippen LogP) is 4.95. The molecule has 4 heteroatoms. The highest BCUT2D eigenvalue weighted by atomic mass is 16.5. The zero-order valence-corrected chi connectivity index (χ0v) is 14.6. The molecule has 3 rings (SSSR count). The maximum absolute atomic E-state index is 11.4. The summed E-state index contributed by atoms with van der Waals surface area (Å²) in [5, 5.41) is 10.3. The Morgan fingerprint density at radius 3 is 2.60 bits per heavy atom. The highest BCUT2D eigenvalue weighted by molar-refractivity contribution is 5.94. The van der Waals surface area contributed by atoms with E-state index in [9.17, 15) is 9.90 Å². The lowest BCUT2D eigenvalue weighted by Gasteiger charge is -2.06. The molecular formula is C21H23NO3. The number of unbranched alkanes of at least 4 members (excludes halogenated alkanes) is 1. The van der Waals surface area contributed by atoms with Gasteiger partial charge in [-0.15, -0.1) is 0 Å². The smallest absolute Gasteiger partial charge is 0.307 e. The Hall–Kier alpha value is -2.75. The number of carboxylic acid groups (broad SMARTS) is 1. The summed E-state index contributed by atoms with van der Waals surface area (Å²) in [4.78, 5) is 14.8. The van der Waals surface area contributed by atoms with Crippen LogP contribution in [0.5, 0.6) is 5.75 Å². The Kier molecular flexibility index (Phi) is 5.08. The van der Waals surface area contributed by atoms with Crippen LogP contribution in [0.1, 0.15) is 30.9 Å². The summed E-state index contributed by atoms with van der Waals surface area (Å²) >= 11 is 0. The molecule has 130 valence electrons. The molecule has 0 amide bonds. The number of aryl methyl sites for hydroxylation is 1. The van der Waals surface area contributed by atoms with E-state index >= 15 is 0 Å². The third kappa shape index (κ3) is 3.85. The molecule has 0 aliphatic rings. The van der Waals surface area contributed by atoms with Crippen LogP contribution in [0.25, 0.3) is 22.2 Å². The summed E-state index contributed by atoms with van der Waals surface area (Å²) in [5.74, 6) is -0.0615. The average molecular weight is 337 g/mol. The van der Waals surface area contributed by atoms with E-state index in [1.165, 1.54) is 5.56 Å². The van der Waals surface area contributed by atoms with E-state index < -0.39 is 5.97 Å². The molecule has 0 atom stereocenters. The van der Waals surface area contributed by atoms with E-state index in [4.69, 9.17) is 4.74 Å². The van der Waals surface area contributed by atoms with Crippen molar-refractivity contribution in [1.29, 1.82) is 0 Å². The van der Waals surface area contributed by atoms with E-state index in [0.29, 0.717) is 6.61 Å². The molecule has 25 heavy (non-hydrogen) atoms. The third-order valence-corrected chi connectivity index (χ3v) is 4.31. The first-order valence-corrected chi connectivity index (χ1v) is 8.64. The first-order chi connectivity index (χ1) is 12.1. The number of carbonyl (C=O) groups is 1. The normalized spacial score (nSPS) is 11.0. The Balaban J connectivity index is 2.06. The van der Waals surface area contributed by atoms with E-state index in [-0.39, 0.29) is 6.42 Å². The van der Waals surface area contributed by atoms with Gasteiger partial charge in [0.2, 0.25) is 0 Å². The second kappa shape index (κ2) is 7.43. The van der Waals surface area contributed by atoms with Gasteiger partial charge in [-0.25, -0.2) is 0 Å². The Morgan fingerprint density at radius 1 is 1.16 bits per heavy atom. The van der Waals surface area contributed by atoms with Crippen LogP contribution in [0, 0.1) is 6.92 Å². The Bertz CT molecular complexity index is 878. The molecule has 2 N–H and O–H groups in total. The lowest BCUT2D eigenvalue weighted by atomic mass is 10.0. The number of aromatic amines is 1. The maximum Gasteiger partial charge on any atom is 0.307 e. The van der Waals surface area contributed by atoms with E-state index in [2.05, 4.69) is 11.9 Å². The summed E-state index contributed by atoms with van der Waals surface area (Å²) in [6, 6.07) is 13.9. The van der Waals surface area contributed by atoms with Crippen LogP contribution in [-0.4, -0.2) is 22.7 Å². The van der Waals surface area contributed by atoms with Crippen molar-refractivity contribution >= 4 is 16.9 Å². The molecular weight excluding hydrogens is 314 g/mol. The molecule has 0 unspecified atom stereocenters. The van der Waals surface area contributed by atoms with Gasteiger partial charge in [0.1, 0.15) is 5.75 Å². The molecule has 4 nitrogen and oxygen atoms in total. The van der Waals surface area contributed by atoms with Crippen molar-refractivity contribution in [3.8, 4) is 17.0 Å². The van der Waals surface area contributed by atoms with Gasteiger partial charge >= 0.3 is 5.97 Å². The fourth-order valence-corrected chi connectivity index (χ4v) is 2.95. The molecule has 1 heterocycles. The molecule has 3 aromatic rings. The van der Waals surface area contributed by atoms with Crippen molar-refractivity contribution in [3.63, 3.8) is 0 Å². The standard InChI is InChI=1S/C21H23NO3/c1-3-4-11-25-16-9-10-19-17(12-16)18(13-20(23)24)21(22-19)15-7-5-14(2)6-8-15/h5-10,12,22H,3-4,11,13H2,1-2H3,(H,23,24). The third-order valence-electron chi connectivity index (χ3n) is 4.31. The predicted molar refractivity (Wildman–Crippen MR) is 100 cm³/mol. The van der Waals surface area contributed by atoms with Crippen LogP contribution in [0.4, 0.5) is 0 Å². The van der Waals surface area contributed by atoms with Crippen LogP contribution in [0.3, 0.4) is 0 Å². The monoisotopic (exact) mass is 337 g/mol. The second-order valence-corrected chi connectivity index (χ2v) is 6.32. The summed E-state index contributed by atoms with van der Waals surface area (Å²) in [6.45, 7) is 4.83. The molecule has 0 saturated heterocycles. The number of hydrogen-bond donors (Lipinski definition) is 2. The van der Waals surface area contributed by atoms with Gasteiger partial charge in [-0.2, -0.15) is 0 Å². The average Bonchev–Trinajstić information content (AvgIpc) is 2.93. The Labute approximate surface area is 147 Å². The van der Waals surface area contributed by atoms with Crippen molar-refractivity contribution in [2.75, 3.05) is 6.61 Å². The van der Waals surface area contributed by atoms with E-state index in [0.717, 1.165) is 46.3 Å². The largest absolute Gasteiger partial charge is 0.494 e. The van der Waals surface area contributed by atoms with Gasteiger partial charge < -0.3 is 14.8 Å². The second-order valence-electron chi connectivity index (χ2n) is 6.32. The van der Waals surface area contributed by atoms with Gasteiger partial charge in [0, 0.05) is 10.9 Å². The molecule has 0 fully saturated rings. The molecule has 2 aromatic carbocycles. The van der Waals surface area contributed by atoms with Gasteiger partial charge in [-0.1, -0.05) is 43.2 Å². The van der Waals surface area contributed by atoms with Crippen LogP contribution in [0.15, 0.2) is 42.5 Å². The van der Waals surface area contributed by atoms with Crippen LogP contribution < -0.4 is 4.74 Å². The van der Waals surface area contributed by atoms with Gasteiger partial charge in [-0.3, -0.25) is 4.79 Å². The van der Waals surface area contributed by atoms with Crippen LogP contribution in [0.2, 0.25) is 0 Å². The van der Waals surface area contributed by atoms with Crippen molar-refractivity contribution in [3.05, 3.63) is 53.6 Å². The summed E-state index contributed by atoms with van der Waals surface area (Å²) in [6.07, 6.45) is 2.05. The fourth-order valence-electron chi connectivity index (χ4n) is 2.95. The molecule has 1 aromatic heterocycles. The lowest BCUT2D eigenvalue weighted by molar-refractivity contribution is -0.136. The minimum atomic E-state index is -0.841. The number of H-pyrrole nitrogens is 1. The quantitative estimate of drug-likeness (QED) is 0.600. The summed E-state index contributed by atoms with van der Waals surface area (Å²) in [5.41, 5.74) is 4.75. The zero-order valence-electron chi connectivity index (χ0n) is 14.6. The number of benzene rings is 2. The van der Waals surface area contributed by atoms with Crippen molar-refractivity contribution < 1.29 is 14.6 Å². The lowest BCUT2D eigenvalue weighted by Crippen LogP contribution is -2.01. The zero-order chi connectivity index (χ0) is 17.8. The number of fused-ring (bicyclic) bond motifs is 1. The molecule has 0 radical (unpaired) electrons. The minimum absolute atomic E-state index is 0.0262. The Morgan fingerprint density at radius 2 is 1.92 bits per heavy atom. The molecule has 0 aliphatic heterocycles. The number of aromatic nitrogens is 1. The number of aliphatic carboxylic acids is 1. The minimum Gasteiger partial charge on any atom is -0.494 e. The van der Waals surface area contributed by atoms with Gasteiger partial charge in [0.25, 0.3) is 0 Å².